The van der Waals surface area contributed by atoms with Gasteiger partial charge in [0.15, 0.2) is 0 Å². The highest BCUT2D eigenvalue weighted by molar-refractivity contribution is 5.79. The van der Waals surface area contributed by atoms with Crippen LogP contribution in [0.25, 0.3) is 5.69 Å². The first-order valence-electron chi connectivity index (χ1n) is 10.6. The topological polar surface area (TPSA) is 63.1 Å². The van der Waals surface area contributed by atoms with Crippen LogP contribution in [0.4, 0.5) is 0 Å². The number of piperidine rings is 1. The Kier molecular flexibility index (Phi) is 6.23. The van der Waals surface area contributed by atoms with Crippen molar-refractivity contribution in [1.82, 2.24) is 25.0 Å². The Balaban J connectivity index is 1.37. The van der Waals surface area contributed by atoms with Gasteiger partial charge in [0.2, 0.25) is 5.91 Å². The summed E-state index contributed by atoms with van der Waals surface area (Å²) < 4.78 is 1.92. The number of hydrogen-bond acceptors (Lipinski definition) is 4. The van der Waals surface area contributed by atoms with Gasteiger partial charge in [-0.3, -0.25) is 14.7 Å². The summed E-state index contributed by atoms with van der Waals surface area (Å²) in [5.74, 6) is 0.0681. The number of pyridine rings is 1. The second-order valence-corrected chi connectivity index (χ2v) is 8.04. The molecule has 0 radical (unpaired) electrons. The fraction of sp³-hybridized carbons (Fsp3) is 0.375. The van der Waals surface area contributed by atoms with E-state index in [1.54, 1.807) is 0 Å². The third-order valence-electron chi connectivity index (χ3n) is 5.76. The number of benzene rings is 1. The van der Waals surface area contributed by atoms with Gasteiger partial charge in [-0.2, -0.15) is 5.10 Å². The van der Waals surface area contributed by atoms with Crippen molar-refractivity contribution in [2.75, 3.05) is 13.1 Å². The number of aryl methyl sites for hydroxylation is 1. The highest BCUT2D eigenvalue weighted by Crippen LogP contribution is 2.19. The van der Waals surface area contributed by atoms with Crippen LogP contribution in [0, 0.1) is 13.8 Å². The molecule has 1 atom stereocenters. The number of carbonyl (C=O) groups excluding carboxylic acids is 1. The molecule has 1 saturated heterocycles. The van der Waals surface area contributed by atoms with Crippen molar-refractivity contribution in [1.29, 1.82) is 0 Å². The van der Waals surface area contributed by atoms with Gasteiger partial charge in [0.25, 0.3) is 0 Å². The van der Waals surface area contributed by atoms with Crippen LogP contribution in [-0.4, -0.2) is 44.7 Å². The van der Waals surface area contributed by atoms with Crippen molar-refractivity contribution in [3.05, 3.63) is 77.4 Å². The van der Waals surface area contributed by atoms with Crippen LogP contribution in [0.15, 0.2) is 54.7 Å². The molecule has 1 aliphatic rings. The standard InChI is InChI=1S/C24H29N5O/c1-18-23(19(2)29(27-18)22-11-4-3-5-12-22)15-24(30)26-21-10-8-14-28(17-21)16-20-9-6-7-13-25-20/h3-7,9,11-13,21H,8,10,14-17H2,1-2H3,(H,26,30). The fourth-order valence-corrected chi connectivity index (χ4v) is 4.23. The molecule has 3 aromatic rings. The minimum atomic E-state index is 0.0681. The van der Waals surface area contributed by atoms with E-state index >= 15 is 0 Å². The van der Waals surface area contributed by atoms with Gasteiger partial charge in [0.1, 0.15) is 0 Å². The van der Waals surface area contributed by atoms with Gasteiger partial charge in [0.05, 0.1) is 23.5 Å². The number of nitrogens with zero attached hydrogens (tertiary/aromatic N) is 4. The smallest absolute Gasteiger partial charge is 0.224 e. The predicted molar refractivity (Wildman–Crippen MR) is 117 cm³/mol. The van der Waals surface area contributed by atoms with E-state index in [1.165, 1.54) is 0 Å². The van der Waals surface area contributed by atoms with Gasteiger partial charge >= 0.3 is 0 Å². The van der Waals surface area contributed by atoms with Gasteiger partial charge in [-0.15, -0.1) is 0 Å². The van der Waals surface area contributed by atoms with E-state index in [4.69, 9.17) is 0 Å². The second kappa shape index (κ2) is 9.22. The SMILES string of the molecule is Cc1nn(-c2ccccc2)c(C)c1CC(=O)NC1CCCN(Cc2ccccn2)C1. The Morgan fingerprint density at radius 3 is 2.70 bits per heavy atom. The molecule has 0 spiro atoms. The van der Waals surface area contributed by atoms with E-state index in [1.807, 2.05) is 67.2 Å². The summed E-state index contributed by atoms with van der Waals surface area (Å²) in [6.45, 7) is 6.75. The lowest BCUT2D eigenvalue weighted by molar-refractivity contribution is -0.121. The molecule has 6 nitrogen and oxygen atoms in total. The molecular weight excluding hydrogens is 374 g/mol. The highest BCUT2D eigenvalue weighted by atomic mass is 16.1. The average molecular weight is 404 g/mol. The van der Waals surface area contributed by atoms with E-state index in [9.17, 15) is 4.79 Å². The molecule has 1 N–H and O–H groups in total. The molecule has 1 amide bonds. The van der Waals surface area contributed by atoms with Crippen LogP contribution in [0.3, 0.4) is 0 Å². The Morgan fingerprint density at radius 1 is 1.13 bits per heavy atom. The number of carbonyl (C=O) groups is 1. The van der Waals surface area contributed by atoms with E-state index in [2.05, 4.69) is 26.4 Å². The molecule has 4 rings (SSSR count). The van der Waals surface area contributed by atoms with Gasteiger partial charge in [0, 0.05) is 36.6 Å². The van der Waals surface area contributed by atoms with E-state index in [0.717, 1.165) is 60.8 Å². The normalized spacial score (nSPS) is 17.1. The average Bonchev–Trinajstić information content (AvgIpc) is 3.03. The summed E-state index contributed by atoms with van der Waals surface area (Å²) in [5.41, 5.74) is 5.03. The summed E-state index contributed by atoms with van der Waals surface area (Å²) in [5, 5.41) is 7.91. The van der Waals surface area contributed by atoms with Crippen LogP contribution in [0.1, 0.15) is 35.5 Å². The summed E-state index contributed by atoms with van der Waals surface area (Å²) in [4.78, 5) is 19.6. The zero-order valence-electron chi connectivity index (χ0n) is 17.7. The summed E-state index contributed by atoms with van der Waals surface area (Å²) in [7, 11) is 0. The number of amides is 1. The van der Waals surface area contributed by atoms with Gasteiger partial charge < -0.3 is 5.32 Å². The number of nitrogens with one attached hydrogen (secondary N) is 1. The molecule has 3 heterocycles. The molecule has 1 fully saturated rings. The van der Waals surface area contributed by atoms with Crippen molar-refractivity contribution in [3.8, 4) is 5.69 Å². The minimum Gasteiger partial charge on any atom is -0.352 e. The van der Waals surface area contributed by atoms with Crippen LogP contribution >= 0.6 is 0 Å². The zero-order chi connectivity index (χ0) is 20.9. The van der Waals surface area contributed by atoms with Crippen LogP contribution < -0.4 is 5.32 Å². The van der Waals surface area contributed by atoms with Crippen molar-refractivity contribution in [2.24, 2.45) is 0 Å². The summed E-state index contributed by atoms with van der Waals surface area (Å²) in [6.07, 6.45) is 4.30. The maximum absolute atomic E-state index is 12.8. The van der Waals surface area contributed by atoms with E-state index < -0.39 is 0 Å². The Hall–Kier alpha value is -2.99. The van der Waals surface area contributed by atoms with Crippen LogP contribution in [0.5, 0.6) is 0 Å². The minimum absolute atomic E-state index is 0.0681. The molecule has 0 saturated carbocycles. The number of likely N-dealkylation sites (tertiary alicyclic amines) is 1. The molecule has 30 heavy (non-hydrogen) atoms. The van der Waals surface area contributed by atoms with Gasteiger partial charge in [-0.1, -0.05) is 24.3 Å². The Labute approximate surface area is 177 Å². The first kappa shape index (κ1) is 20.3. The first-order chi connectivity index (χ1) is 14.6. The quantitative estimate of drug-likeness (QED) is 0.687. The van der Waals surface area contributed by atoms with Gasteiger partial charge in [-0.05, 0) is 57.5 Å². The van der Waals surface area contributed by atoms with Crippen molar-refractivity contribution in [2.45, 2.75) is 45.7 Å². The van der Waals surface area contributed by atoms with Crippen molar-refractivity contribution >= 4 is 5.91 Å². The lowest BCUT2D eigenvalue weighted by atomic mass is 10.0. The number of aromatic nitrogens is 3. The Bertz CT molecular complexity index is 984. The zero-order valence-corrected chi connectivity index (χ0v) is 17.7. The lowest BCUT2D eigenvalue weighted by Crippen LogP contribution is -2.47. The third-order valence-corrected chi connectivity index (χ3v) is 5.76. The maximum Gasteiger partial charge on any atom is 0.224 e. The molecule has 0 bridgehead atoms. The van der Waals surface area contributed by atoms with Crippen LogP contribution in [-0.2, 0) is 17.8 Å². The number of para-hydroxylation sites is 1. The monoisotopic (exact) mass is 403 g/mol. The lowest BCUT2D eigenvalue weighted by Gasteiger charge is -2.33. The molecule has 1 unspecified atom stereocenters. The largest absolute Gasteiger partial charge is 0.352 e. The molecule has 1 aliphatic heterocycles. The molecular formula is C24H29N5O. The maximum atomic E-state index is 12.8. The number of hydrogen-bond donors (Lipinski definition) is 1. The second-order valence-electron chi connectivity index (χ2n) is 8.04. The van der Waals surface area contributed by atoms with Gasteiger partial charge in [-0.25, -0.2) is 4.68 Å². The first-order valence-corrected chi connectivity index (χ1v) is 10.6. The van der Waals surface area contributed by atoms with E-state index in [-0.39, 0.29) is 11.9 Å². The molecule has 6 heteroatoms. The number of rotatable bonds is 6. The molecule has 1 aromatic carbocycles. The van der Waals surface area contributed by atoms with Crippen LogP contribution in [0.2, 0.25) is 0 Å². The Morgan fingerprint density at radius 2 is 1.93 bits per heavy atom. The summed E-state index contributed by atoms with van der Waals surface area (Å²) >= 11 is 0. The molecule has 156 valence electrons. The third kappa shape index (κ3) is 4.76. The van der Waals surface area contributed by atoms with Crippen molar-refractivity contribution in [3.63, 3.8) is 0 Å². The van der Waals surface area contributed by atoms with E-state index in [0.29, 0.717) is 6.42 Å². The predicted octanol–water partition coefficient (Wildman–Crippen LogP) is 3.21. The summed E-state index contributed by atoms with van der Waals surface area (Å²) in [6, 6.07) is 16.2. The molecule has 2 aromatic heterocycles. The molecule has 0 aliphatic carbocycles. The fourth-order valence-electron chi connectivity index (χ4n) is 4.23. The van der Waals surface area contributed by atoms with Crippen molar-refractivity contribution < 1.29 is 4.79 Å². The highest BCUT2D eigenvalue weighted by Gasteiger charge is 2.23.